The van der Waals surface area contributed by atoms with E-state index in [9.17, 15) is 8.78 Å². The van der Waals surface area contributed by atoms with Crippen molar-refractivity contribution in [1.82, 2.24) is 20.1 Å². The molecule has 2 aliphatic rings. The Morgan fingerprint density at radius 3 is 2.71 bits per heavy atom. The van der Waals surface area contributed by atoms with Crippen LogP contribution < -0.4 is 10.0 Å². The van der Waals surface area contributed by atoms with Crippen molar-refractivity contribution in [1.29, 1.82) is 5.41 Å². The number of hydrogen-bond acceptors (Lipinski definition) is 6. The Morgan fingerprint density at radius 2 is 2.06 bits per heavy atom. The van der Waals surface area contributed by atoms with E-state index in [1.165, 1.54) is 18.3 Å². The molecule has 0 bridgehead atoms. The van der Waals surface area contributed by atoms with Crippen LogP contribution in [0.15, 0.2) is 66.8 Å². The van der Waals surface area contributed by atoms with Crippen LogP contribution in [0.4, 0.5) is 14.6 Å². The molecule has 3 aromatic rings. The van der Waals surface area contributed by atoms with E-state index in [1.807, 2.05) is 31.6 Å². The van der Waals surface area contributed by atoms with Gasteiger partial charge < -0.3 is 15.4 Å². The Balaban J connectivity index is 1.52. The Labute approximate surface area is 200 Å². The summed E-state index contributed by atoms with van der Waals surface area (Å²) >= 11 is 1.58. The van der Waals surface area contributed by atoms with Crippen molar-refractivity contribution in [2.24, 2.45) is 7.05 Å². The predicted molar refractivity (Wildman–Crippen MR) is 133 cm³/mol. The normalized spacial score (nSPS) is 16.6. The van der Waals surface area contributed by atoms with E-state index in [0.29, 0.717) is 33.6 Å². The van der Waals surface area contributed by atoms with E-state index >= 15 is 0 Å². The molecular weight excluding hydrogens is 454 g/mol. The molecule has 34 heavy (non-hydrogen) atoms. The van der Waals surface area contributed by atoms with Crippen molar-refractivity contribution in [2.75, 3.05) is 4.72 Å². The number of allylic oxidation sites excluding steroid dienone is 4. The van der Waals surface area contributed by atoms with Gasteiger partial charge in [0.2, 0.25) is 0 Å². The molecule has 3 N–H and O–H groups in total. The number of rotatable bonds is 7. The van der Waals surface area contributed by atoms with Crippen LogP contribution in [0.2, 0.25) is 0 Å². The first kappa shape index (κ1) is 22.1. The number of aryl methyl sites for hydroxylation is 1. The minimum atomic E-state index is -0.651. The lowest BCUT2D eigenvalue weighted by molar-refractivity contribution is 0.585. The molecule has 0 atom stereocenters. The quantitative estimate of drug-likeness (QED) is 0.308. The van der Waals surface area contributed by atoms with Crippen molar-refractivity contribution in [3.8, 4) is 11.1 Å². The third kappa shape index (κ3) is 4.79. The van der Waals surface area contributed by atoms with Gasteiger partial charge in [-0.3, -0.25) is 4.68 Å². The average Bonchev–Trinajstić information content (AvgIpc) is 3.57. The first-order chi connectivity index (χ1) is 16.5. The number of nitrogens with zero attached hydrogens (tertiary/aromatic N) is 3. The maximum Gasteiger partial charge on any atom is 0.137 e. The molecule has 3 heterocycles. The van der Waals surface area contributed by atoms with Gasteiger partial charge in [0.25, 0.3) is 0 Å². The van der Waals surface area contributed by atoms with E-state index in [0.717, 1.165) is 30.0 Å². The van der Waals surface area contributed by atoms with Gasteiger partial charge in [0.1, 0.15) is 17.5 Å². The molecule has 0 spiro atoms. The molecular formula is C25H22F2N6S. The maximum atomic E-state index is 14.6. The van der Waals surface area contributed by atoms with Crippen LogP contribution >= 0.6 is 11.9 Å². The SMILES string of the molecule is Cn1cc(C2=CN/C(=C(\C=N)c3cc(-c4ccc(F)cc4F)cc(NSC4CC4)n3)C=C2)cn1. The molecule has 6 nitrogen and oxygen atoms in total. The lowest BCUT2D eigenvalue weighted by Crippen LogP contribution is -2.11. The molecule has 0 unspecified atom stereocenters. The fourth-order valence-electron chi connectivity index (χ4n) is 3.56. The summed E-state index contributed by atoms with van der Waals surface area (Å²) < 4.78 is 33.1. The lowest BCUT2D eigenvalue weighted by atomic mass is 10.0. The summed E-state index contributed by atoms with van der Waals surface area (Å²) in [5.74, 6) is -0.727. The largest absolute Gasteiger partial charge is 0.360 e. The zero-order valence-electron chi connectivity index (χ0n) is 18.3. The van der Waals surface area contributed by atoms with Crippen molar-refractivity contribution in [2.45, 2.75) is 18.1 Å². The Bertz CT molecular complexity index is 1350. The first-order valence-corrected chi connectivity index (χ1v) is 11.7. The lowest BCUT2D eigenvalue weighted by Gasteiger charge is -2.16. The van der Waals surface area contributed by atoms with Crippen LogP contribution in [0.3, 0.4) is 0 Å². The number of pyridine rings is 1. The van der Waals surface area contributed by atoms with Crippen LogP contribution in [0.5, 0.6) is 0 Å². The van der Waals surface area contributed by atoms with E-state index in [1.54, 1.807) is 35.0 Å². The third-order valence-electron chi connectivity index (χ3n) is 5.48. The summed E-state index contributed by atoms with van der Waals surface area (Å²) in [4.78, 5) is 4.69. The monoisotopic (exact) mass is 476 g/mol. The zero-order chi connectivity index (χ0) is 23.7. The zero-order valence-corrected chi connectivity index (χ0v) is 19.2. The summed E-state index contributed by atoms with van der Waals surface area (Å²) in [5.41, 5.74) is 4.48. The van der Waals surface area contributed by atoms with Crippen molar-refractivity contribution >= 4 is 35.1 Å². The summed E-state index contributed by atoms with van der Waals surface area (Å²) in [6, 6.07) is 6.98. The average molecular weight is 477 g/mol. The van der Waals surface area contributed by atoms with Gasteiger partial charge in [-0.15, -0.1) is 0 Å². The summed E-state index contributed by atoms with van der Waals surface area (Å²) in [6.07, 6.45) is 12.9. The Morgan fingerprint density at radius 1 is 1.21 bits per heavy atom. The van der Waals surface area contributed by atoms with Crippen LogP contribution in [0.1, 0.15) is 24.1 Å². The van der Waals surface area contributed by atoms with Gasteiger partial charge in [0.15, 0.2) is 0 Å². The molecule has 0 radical (unpaired) electrons. The molecule has 172 valence electrons. The number of aromatic nitrogens is 3. The second-order valence-corrected chi connectivity index (χ2v) is 9.23. The minimum Gasteiger partial charge on any atom is -0.360 e. The molecule has 5 rings (SSSR count). The summed E-state index contributed by atoms with van der Waals surface area (Å²) in [7, 11) is 1.86. The second kappa shape index (κ2) is 9.26. The maximum absolute atomic E-state index is 14.6. The molecule has 1 aliphatic heterocycles. The van der Waals surface area contributed by atoms with Crippen LogP contribution in [0, 0.1) is 17.0 Å². The number of halogens is 2. The van der Waals surface area contributed by atoms with Crippen molar-refractivity contribution in [3.63, 3.8) is 0 Å². The minimum absolute atomic E-state index is 0.268. The first-order valence-electron chi connectivity index (χ1n) is 10.8. The van der Waals surface area contributed by atoms with E-state index in [4.69, 9.17) is 5.41 Å². The number of anilines is 1. The fraction of sp³-hybridized carbons (Fsp3) is 0.160. The highest BCUT2D eigenvalue weighted by Gasteiger charge is 2.23. The van der Waals surface area contributed by atoms with Gasteiger partial charge >= 0.3 is 0 Å². The molecule has 1 aromatic carbocycles. The summed E-state index contributed by atoms with van der Waals surface area (Å²) in [6.45, 7) is 0. The number of hydrogen-bond donors (Lipinski definition) is 3. The molecule has 0 amide bonds. The highest BCUT2D eigenvalue weighted by molar-refractivity contribution is 8.01. The Kier molecular flexibility index (Phi) is 6.02. The number of nitrogens with one attached hydrogen (secondary N) is 3. The number of benzene rings is 1. The fourth-order valence-corrected chi connectivity index (χ4v) is 4.33. The van der Waals surface area contributed by atoms with E-state index in [2.05, 4.69) is 20.1 Å². The highest BCUT2D eigenvalue weighted by Crippen LogP contribution is 2.36. The van der Waals surface area contributed by atoms with Crippen molar-refractivity contribution in [3.05, 3.63) is 89.7 Å². The van der Waals surface area contributed by atoms with Gasteiger partial charge in [-0.1, -0.05) is 6.08 Å². The van der Waals surface area contributed by atoms with Crippen LogP contribution in [-0.4, -0.2) is 26.2 Å². The summed E-state index contributed by atoms with van der Waals surface area (Å²) in [5, 5.41) is 16.0. The second-order valence-electron chi connectivity index (χ2n) is 8.12. The molecule has 1 saturated carbocycles. The number of dihydropyridines is 1. The van der Waals surface area contributed by atoms with Gasteiger partial charge in [0, 0.05) is 64.9 Å². The van der Waals surface area contributed by atoms with Gasteiger partial charge in [0.05, 0.1) is 11.9 Å². The van der Waals surface area contributed by atoms with Gasteiger partial charge in [-0.25, -0.2) is 13.8 Å². The molecule has 2 aromatic heterocycles. The Hall–Kier alpha value is -3.72. The third-order valence-corrected chi connectivity index (χ3v) is 6.62. The van der Waals surface area contributed by atoms with Gasteiger partial charge in [-0.2, -0.15) is 5.10 Å². The van der Waals surface area contributed by atoms with Crippen LogP contribution in [-0.2, 0) is 7.05 Å². The van der Waals surface area contributed by atoms with Crippen molar-refractivity contribution < 1.29 is 8.78 Å². The topological polar surface area (TPSA) is 78.6 Å². The smallest absolute Gasteiger partial charge is 0.137 e. The van der Waals surface area contributed by atoms with E-state index in [-0.39, 0.29) is 5.56 Å². The highest BCUT2D eigenvalue weighted by atomic mass is 32.2. The molecule has 1 fully saturated rings. The molecule has 9 heteroatoms. The molecule has 0 saturated heterocycles. The predicted octanol–water partition coefficient (Wildman–Crippen LogP) is 5.54. The van der Waals surface area contributed by atoms with Crippen LogP contribution in [0.25, 0.3) is 22.3 Å². The standard InChI is InChI=1S/C25H22F2N6S/c1-33-14-17(13-30-33)15-2-7-23(29-12-15)21(11-28)24-8-16(20-6-3-18(26)10-22(20)27)9-25(31-24)32-34-19-4-5-19/h2-3,6-14,19,28-29H,4-5H2,1H3,(H,31,32)/b23-21+,28-11?. The van der Waals surface area contributed by atoms with E-state index < -0.39 is 11.6 Å². The molecule has 1 aliphatic carbocycles. The van der Waals surface area contributed by atoms with Gasteiger partial charge in [-0.05, 0) is 60.7 Å².